The van der Waals surface area contributed by atoms with Crippen molar-refractivity contribution in [2.45, 2.75) is 13.5 Å². The Morgan fingerprint density at radius 2 is 1.62 bits per heavy atom. The van der Waals surface area contributed by atoms with Gasteiger partial charge in [0.25, 0.3) is 11.8 Å². The number of carbonyl (C=O) groups excluding carboxylic acids is 2. The van der Waals surface area contributed by atoms with Crippen molar-refractivity contribution in [1.29, 1.82) is 0 Å². The predicted molar refractivity (Wildman–Crippen MR) is 145 cm³/mol. The third-order valence-electron chi connectivity index (χ3n) is 5.48. The number of hydrogen-bond donors (Lipinski definition) is 0. The molecule has 34 heavy (non-hydrogen) atoms. The summed E-state index contributed by atoms with van der Waals surface area (Å²) < 4.78 is 12.8. The van der Waals surface area contributed by atoms with Crippen molar-refractivity contribution in [2.75, 3.05) is 20.7 Å². The number of likely N-dealkylation sites (N-methyl/N-ethyl adjacent to an activating group) is 2. The number of nitrogens with zero attached hydrogens (tertiary/aromatic N) is 2. The van der Waals surface area contributed by atoms with Crippen LogP contribution in [0.1, 0.15) is 18.1 Å². The van der Waals surface area contributed by atoms with E-state index in [1.54, 1.807) is 26.2 Å². The van der Waals surface area contributed by atoms with Crippen LogP contribution in [-0.2, 0) is 16.2 Å². The van der Waals surface area contributed by atoms with Crippen LogP contribution < -0.4 is 9.47 Å². The molecule has 0 aliphatic carbocycles. The topological polar surface area (TPSA) is 59.1 Å². The van der Waals surface area contributed by atoms with Gasteiger partial charge in [-0.1, -0.05) is 36.4 Å². The van der Waals surface area contributed by atoms with Crippen LogP contribution in [0.4, 0.5) is 0 Å². The lowest BCUT2D eigenvalue weighted by molar-refractivity contribution is -0.132. The van der Waals surface area contributed by atoms with E-state index in [2.05, 4.69) is 46.9 Å². The first-order chi connectivity index (χ1) is 16.3. The maximum absolute atomic E-state index is 12.7. The normalized spacial score (nSPS) is 14.1. The molecule has 3 aromatic carbocycles. The zero-order valence-electron chi connectivity index (χ0n) is 19.0. The number of amides is 2. The summed E-state index contributed by atoms with van der Waals surface area (Å²) in [4.78, 5) is 27.9. The van der Waals surface area contributed by atoms with E-state index in [0.29, 0.717) is 30.3 Å². The fraction of sp³-hybridized carbons (Fsp3) is 0.192. The number of thiocarbonyl (C=S) groups is 1. The third kappa shape index (κ3) is 4.78. The Morgan fingerprint density at radius 3 is 2.29 bits per heavy atom. The van der Waals surface area contributed by atoms with E-state index >= 15 is 0 Å². The van der Waals surface area contributed by atoms with Gasteiger partial charge >= 0.3 is 0 Å². The second-order valence-corrected chi connectivity index (χ2v) is 9.33. The summed E-state index contributed by atoms with van der Waals surface area (Å²) in [6.07, 6.45) is 1.57. The molecule has 1 aliphatic rings. The molecule has 4 rings (SSSR count). The van der Waals surface area contributed by atoms with E-state index in [1.165, 1.54) is 15.2 Å². The molecule has 0 spiro atoms. The first kappa shape index (κ1) is 24.2. The number of hydrogen-bond acceptors (Lipinski definition) is 5. The second kappa shape index (κ2) is 10.1. The molecule has 0 unspecified atom stereocenters. The van der Waals surface area contributed by atoms with Crippen LogP contribution in [0.3, 0.4) is 0 Å². The minimum atomic E-state index is -0.433. The third-order valence-corrected chi connectivity index (χ3v) is 6.83. The molecule has 6 nitrogen and oxygen atoms in total. The number of ether oxygens (including phenoxy) is 2. The molecule has 0 atom stereocenters. The van der Waals surface area contributed by atoms with Gasteiger partial charge in [-0.2, -0.15) is 0 Å². The molecule has 8 heteroatoms. The molecule has 174 valence electrons. The van der Waals surface area contributed by atoms with E-state index in [1.807, 2.05) is 31.2 Å². The van der Waals surface area contributed by atoms with Crippen molar-refractivity contribution in [2.24, 2.45) is 0 Å². The standard InChI is InChI=1S/C26H23IN2O4S/c1-4-32-22-14-17(12-20-24(30)28(2)26(34)29(3)25(20)31)13-21(27)23(22)33-15-16-9-10-18-7-5-6-8-19(18)11-16/h5-14H,4,15H2,1-3H3. The summed E-state index contributed by atoms with van der Waals surface area (Å²) in [6.45, 7) is 2.72. The molecule has 3 aromatic rings. The van der Waals surface area contributed by atoms with E-state index in [-0.39, 0.29) is 10.7 Å². The van der Waals surface area contributed by atoms with Crippen LogP contribution in [0.15, 0.2) is 60.2 Å². The van der Waals surface area contributed by atoms with Crippen LogP contribution in [0.5, 0.6) is 11.5 Å². The Labute approximate surface area is 217 Å². The van der Waals surface area contributed by atoms with Crippen LogP contribution >= 0.6 is 34.8 Å². The Balaban J connectivity index is 1.63. The maximum atomic E-state index is 12.7. The first-order valence-electron chi connectivity index (χ1n) is 10.7. The molecular formula is C26H23IN2O4S. The van der Waals surface area contributed by atoms with Crippen molar-refractivity contribution in [3.05, 3.63) is 74.9 Å². The Kier molecular flexibility index (Phi) is 7.18. The largest absolute Gasteiger partial charge is 0.490 e. The van der Waals surface area contributed by atoms with Gasteiger partial charge in [-0.25, -0.2) is 0 Å². The molecule has 0 radical (unpaired) electrons. The SMILES string of the molecule is CCOc1cc(C=C2C(=O)N(C)C(=S)N(C)C2=O)cc(I)c1OCc1ccc2ccccc2c1. The highest BCUT2D eigenvalue weighted by molar-refractivity contribution is 14.1. The first-order valence-corrected chi connectivity index (χ1v) is 12.2. The van der Waals surface area contributed by atoms with Crippen molar-refractivity contribution in [1.82, 2.24) is 9.80 Å². The quantitative estimate of drug-likeness (QED) is 0.176. The summed E-state index contributed by atoms with van der Waals surface area (Å²) in [5.41, 5.74) is 1.75. The lowest BCUT2D eigenvalue weighted by Gasteiger charge is -2.31. The number of fused-ring (bicyclic) bond motifs is 1. The average molecular weight is 586 g/mol. The molecule has 0 N–H and O–H groups in total. The molecule has 0 bridgehead atoms. The lowest BCUT2D eigenvalue weighted by Crippen LogP contribution is -2.52. The van der Waals surface area contributed by atoms with Gasteiger partial charge in [0.15, 0.2) is 16.6 Å². The lowest BCUT2D eigenvalue weighted by atomic mass is 10.1. The minimum absolute atomic E-state index is 0.0432. The van der Waals surface area contributed by atoms with Crippen LogP contribution in [0, 0.1) is 3.57 Å². The molecule has 2 amide bonds. The number of halogens is 1. The maximum Gasteiger partial charge on any atom is 0.265 e. The highest BCUT2D eigenvalue weighted by Gasteiger charge is 2.35. The summed E-state index contributed by atoms with van der Waals surface area (Å²) in [5, 5.41) is 2.51. The van der Waals surface area contributed by atoms with Gasteiger partial charge in [-0.15, -0.1) is 0 Å². The van der Waals surface area contributed by atoms with Gasteiger partial charge in [-0.3, -0.25) is 19.4 Å². The smallest absolute Gasteiger partial charge is 0.265 e. The fourth-order valence-electron chi connectivity index (χ4n) is 3.70. The van der Waals surface area contributed by atoms with Crippen LogP contribution in [0.2, 0.25) is 0 Å². The van der Waals surface area contributed by atoms with Gasteiger partial charge in [0.1, 0.15) is 12.2 Å². The zero-order valence-corrected chi connectivity index (χ0v) is 22.0. The van der Waals surface area contributed by atoms with E-state index in [0.717, 1.165) is 14.5 Å². The molecular weight excluding hydrogens is 563 g/mol. The van der Waals surface area contributed by atoms with Gasteiger partial charge in [-0.05, 0) is 87.9 Å². The Bertz CT molecular complexity index is 1310. The average Bonchev–Trinajstić information content (AvgIpc) is 2.84. The molecule has 0 saturated carbocycles. The van der Waals surface area contributed by atoms with Gasteiger partial charge in [0.2, 0.25) is 0 Å². The highest BCUT2D eigenvalue weighted by atomic mass is 127. The Hall–Kier alpha value is -2.98. The zero-order chi connectivity index (χ0) is 24.4. The van der Waals surface area contributed by atoms with E-state index in [9.17, 15) is 9.59 Å². The molecule has 1 heterocycles. The fourth-order valence-corrected chi connectivity index (χ4v) is 4.65. The monoisotopic (exact) mass is 586 g/mol. The van der Waals surface area contributed by atoms with Gasteiger partial charge < -0.3 is 9.47 Å². The molecule has 0 aromatic heterocycles. The van der Waals surface area contributed by atoms with Crippen LogP contribution in [0.25, 0.3) is 16.8 Å². The van der Waals surface area contributed by atoms with Gasteiger partial charge in [0.05, 0.1) is 10.2 Å². The second-order valence-electron chi connectivity index (χ2n) is 7.80. The van der Waals surface area contributed by atoms with Crippen molar-refractivity contribution in [3.8, 4) is 11.5 Å². The summed E-state index contributed by atoms with van der Waals surface area (Å²) >= 11 is 7.34. The number of benzene rings is 3. The summed E-state index contributed by atoms with van der Waals surface area (Å²) in [5.74, 6) is 0.305. The minimum Gasteiger partial charge on any atom is -0.490 e. The van der Waals surface area contributed by atoms with E-state index < -0.39 is 11.8 Å². The molecule has 1 fully saturated rings. The Morgan fingerprint density at radius 1 is 0.941 bits per heavy atom. The summed E-state index contributed by atoms with van der Waals surface area (Å²) in [6, 6.07) is 18.1. The van der Waals surface area contributed by atoms with Crippen molar-refractivity contribution < 1.29 is 19.1 Å². The van der Waals surface area contributed by atoms with E-state index in [4.69, 9.17) is 21.7 Å². The van der Waals surface area contributed by atoms with Gasteiger partial charge in [0, 0.05) is 14.1 Å². The van der Waals surface area contributed by atoms with Crippen molar-refractivity contribution in [3.63, 3.8) is 0 Å². The predicted octanol–water partition coefficient (Wildman–Crippen LogP) is 5.02. The highest BCUT2D eigenvalue weighted by Crippen LogP contribution is 2.36. The number of carbonyl (C=O) groups is 2. The van der Waals surface area contributed by atoms with Crippen LogP contribution in [-0.4, -0.2) is 47.4 Å². The molecule has 1 aliphatic heterocycles. The number of rotatable bonds is 6. The van der Waals surface area contributed by atoms with Crippen molar-refractivity contribution >= 4 is 68.6 Å². The molecule has 1 saturated heterocycles. The summed E-state index contributed by atoms with van der Waals surface area (Å²) in [7, 11) is 3.11.